The van der Waals surface area contributed by atoms with Gasteiger partial charge in [0.05, 0.1) is 6.61 Å². The molecule has 106 valence electrons. The first-order valence-corrected chi connectivity index (χ1v) is 7.74. The van der Waals surface area contributed by atoms with E-state index in [1.165, 1.54) is 38.8 Å². The molecule has 0 saturated carbocycles. The van der Waals surface area contributed by atoms with Gasteiger partial charge in [-0.15, -0.1) is 0 Å². The number of likely N-dealkylation sites (tertiary alicyclic amines) is 1. The van der Waals surface area contributed by atoms with Gasteiger partial charge in [-0.2, -0.15) is 0 Å². The Morgan fingerprint density at radius 1 is 1.11 bits per heavy atom. The summed E-state index contributed by atoms with van der Waals surface area (Å²) in [6.07, 6.45) is 5.21. The lowest BCUT2D eigenvalue weighted by molar-refractivity contribution is 0.175. The third kappa shape index (κ3) is 3.94. The van der Waals surface area contributed by atoms with Crippen LogP contribution in [0.5, 0.6) is 0 Å². The van der Waals surface area contributed by atoms with Gasteiger partial charge in [0.1, 0.15) is 0 Å². The molecule has 0 aromatic carbocycles. The zero-order valence-corrected chi connectivity index (χ0v) is 12.3. The van der Waals surface area contributed by atoms with Gasteiger partial charge in [0.15, 0.2) is 0 Å². The van der Waals surface area contributed by atoms with Gasteiger partial charge in [0.2, 0.25) is 0 Å². The Bertz CT molecular complexity index is 239. The third-order valence-corrected chi connectivity index (χ3v) is 4.66. The summed E-state index contributed by atoms with van der Waals surface area (Å²) in [6.45, 7) is 11.4. The standard InChI is InChI=1S/C15H30N2O/c1-12(2)17-8-4-5-15(6-9-17)16-13(3)14-7-10-18-11-14/h12-16H,4-11H2,1-3H3. The van der Waals surface area contributed by atoms with Crippen LogP contribution in [0.3, 0.4) is 0 Å². The lowest BCUT2D eigenvalue weighted by atomic mass is 9.98. The van der Waals surface area contributed by atoms with Gasteiger partial charge in [-0.25, -0.2) is 0 Å². The smallest absolute Gasteiger partial charge is 0.0509 e. The Hall–Kier alpha value is -0.120. The van der Waals surface area contributed by atoms with E-state index in [1.54, 1.807) is 0 Å². The maximum absolute atomic E-state index is 5.49. The van der Waals surface area contributed by atoms with E-state index in [2.05, 4.69) is 31.0 Å². The first-order chi connectivity index (χ1) is 8.66. The van der Waals surface area contributed by atoms with E-state index in [1.807, 2.05) is 0 Å². The fourth-order valence-electron chi connectivity index (χ4n) is 3.26. The second-order valence-corrected chi connectivity index (χ2v) is 6.34. The molecule has 3 nitrogen and oxygen atoms in total. The quantitative estimate of drug-likeness (QED) is 0.833. The maximum Gasteiger partial charge on any atom is 0.0509 e. The van der Waals surface area contributed by atoms with E-state index in [9.17, 15) is 0 Å². The zero-order valence-electron chi connectivity index (χ0n) is 12.3. The SMILES string of the molecule is CC(NC1CCCN(C(C)C)CC1)C1CCOC1. The highest BCUT2D eigenvalue weighted by Gasteiger charge is 2.25. The Morgan fingerprint density at radius 2 is 1.94 bits per heavy atom. The lowest BCUT2D eigenvalue weighted by Crippen LogP contribution is -2.42. The topological polar surface area (TPSA) is 24.5 Å². The molecule has 1 N–H and O–H groups in total. The molecule has 2 rings (SSSR count). The first kappa shape index (κ1) is 14.3. The van der Waals surface area contributed by atoms with Crippen molar-refractivity contribution in [3.05, 3.63) is 0 Å². The van der Waals surface area contributed by atoms with Crippen molar-refractivity contribution in [2.45, 2.75) is 64.6 Å². The molecule has 18 heavy (non-hydrogen) atoms. The van der Waals surface area contributed by atoms with Crippen LogP contribution < -0.4 is 5.32 Å². The van der Waals surface area contributed by atoms with Crippen molar-refractivity contribution >= 4 is 0 Å². The van der Waals surface area contributed by atoms with E-state index in [4.69, 9.17) is 4.74 Å². The lowest BCUT2D eigenvalue weighted by Gasteiger charge is -2.27. The predicted molar refractivity (Wildman–Crippen MR) is 75.9 cm³/mol. The molecule has 0 spiro atoms. The molecule has 0 radical (unpaired) electrons. The molecule has 3 unspecified atom stereocenters. The second kappa shape index (κ2) is 6.88. The fourth-order valence-corrected chi connectivity index (χ4v) is 3.26. The van der Waals surface area contributed by atoms with E-state index >= 15 is 0 Å². The van der Waals surface area contributed by atoms with E-state index < -0.39 is 0 Å². The Labute approximate surface area is 112 Å². The highest BCUT2D eigenvalue weighted by molar-refractivity contribution is 4.82. The monoisotopic (exact) mass is 254 g/mol. The summed E-state index contributed by atoms with van der Waals surface area (Å²) in [5.74, 6) is 0.731. The maximum atomic E-state index is 5.49. The van der Waals surface area contributed by atoms with Crippen molar-refractivity contribution < 1.29 is 4.74 Å². The molecule has 0 aromatic heterocycles. The molecule has 0 bridgehead atoms. The van der Waals surface area contributed by atoms with Crippen molar-refractivity contribution in [3.8, 4) is 0 Å². The number of ether oxygens (including phenoxy) is 1. The predicted octanol–water partition coefficient (Wildman–Crippen LogP) is 2.26. The Kier molecular flexibility index (Phi) is 5.46. The van der Waals surface area contributed by atoms with Gasteiger partial charge in [0.25, 0.3) is 0 Å². The molecular formula is C15H30N2O. The number of nitrogens with one attached hydrogen (secondary N) is 1. The molecular weight excluding hydrogens is 224 g/mol. The summed E-state index contributed by atoms with van der Waals surface area (Å²) < 4.78 is 5.49. The summed E-state index contributed by atoms with van der Waals surface area (Å²) in [5.41, 5.74) is 0. The largest absolute Gasteiger partial charge is 0.381 e. The molecule has 2 fully saturated rings. The van der Waals surface area contributed by atoms with Gasteiger partial charge in [-0.05, 0) is 65.5 Å². The van der Waals surface area contributed by atoms with Crippen LogP contribution in [0.1, 0.15) is 46.5 Å². The molecule has 2 aliphatic rings. The van der Waals surface area contributed by atoms with Crippen LogP contribution >= 0.6 is 0 Å². The van der Waals surface area contributed by atoms with Gasteiger partial charge in [0, 0.05) is 24.7 Å². The third-order valence-electron chi connectivity index (χ3n) is 4.66. The van der Waals surface area contributed by atoms with Crippen molar-refractivity contribution in [2.24, 2.45) is 5.92 Å². The van der Waals surface area contributed by atoms with Gasteiger partial charge >= 0.3 is 0 Å². The first-order valence-electron chi connectivity index (χ1n) is 7.74. The van der Waals surface area contributed by atoms with Gasteiger partial charge in [-0.3, -0.25) is 0 Å². The molecule has 2 heterocycles. The van der Waals surface area contributed by atoms with Crippen LogP contribution in [0.4, 0.5) is 0 Å². The minimum absolute atomic E-state index is 0.614. The molecule has 0 aliphatic carbocycles. The van der Waals surface area contributed by atoms with Crippen molar-refractivity contribution in [2.75, 3.05) is 26.3 Å². The van der Waals surface area contributed by atoms with E-state index in [0.717, 1.165) is 19.1 Å². The normalized spacial score (nSPS) is 32.7. The van der Waals surface area contributed by atoms with Crippen LogP contribution in [-0.2, 0) is 4.74 Å². The summed E-state index contributed by atoms with van der Waals surface area (Å²) in [6, 6.07) is 2.02. The van der Waals surface area contributed by atoms with Crippen LogP contribution in [0.25, 0.3) is 0 Å². The molecule has 3 heteroatoms. The Balaban J connectivity index is 1.75. The summed E-state index contributed by atoms with van der Waals surface area (Å²) in [4.78, 5) is 2.62. The average Bonchev–Trinajstić information content (AvgIpc) is 2.77. The number of rotatable bonds is 4. The molecule has 0 amide bonds. The fraction of sp³-hybridized carbons (Fsp3) is 1.00. The van der Waals surface area contributed by atoms with Crippen molar-refractivity contribution in [1.29, 1.82) is 0 Å². The molecule has 0 aromatic rings. The molecule has 3 atom stereocenters. The van der Waals surface area contributed by atoms with Crippen LogP contribution in [-0.4, -0.2) is 49.3 Å². The van der Waals surface area contributed by atoms with Crippen molar-refractivity contribution in [1.82, 2.24) is 10.2 Å². The highest BCUT2D eigenvalue weighted by atomic mass is 16.5. The number of hydrogen-bond donors (Lipinski definition) is 1. The number of hydrogen-bond acceptors (Lipinski definition) is 3. The van der Waals surface area contributed by atoms with Gasteiger partial charge < -0.3 is 15.0 Å². The summed E-state index contributed by atoms with van der Waals surface area (Å²) >= 11 is 0. The van der Waals surface area contributed by atoms with Crippen LogP contribution in [0.15, 0.2) is 0 Å². The highest BCUT2D eigenvalue weighted by Crippen LogP contribution is 2.19. The minimum Gasteiger partial charge on any atom is -0.381 e. The zero-order chi connectivity index (χ0) is 13.0. The van der Waals surface area contributed by atoms with E-state index in [0.29, 0.717) is 18.1 Å². The van der Waals surface area contributed by atoms with E-state index in [-0.39, 0.29) is 0 Å². The second-order valence-electron chi connectivity index (χ2n) is 6.34. The van der Waals surface area contributed by atoms with Crippen LogP contribution in [0, 0.1) is 5.92 Å². The summed E-state index contributed by atoms with van der Waals surface area (Å²) in [7, 11) is 0. The minimum atomic E-state index is 0.614. The van der Waals surface area contributed by atoms with Gasteiger partial charge in [-0.1, -0.05) is 0 Å². The average molecular weight is 254 g/mol. The molecule has 2 saturated heterocycles. The Morgan fingerprint density at radius 3 is 2.61 bits per heavy atom. The summed E-state index contributed by atoms with van der Waals surface area (Å²) in [5, 5.41) is 3.85. The number of nitrogens with zero attached hydrogens (tertiary/aromatic N) is 1. The van der Waals surface area contributed by atoms with Crippen molar-refractivity contribution in [3.63, 3.8) is 0 Å². The van der Waals surface area contributed by atoms with Crippen LogP contribution in [0.2, 0.25) is 0 Å². The molecule has 2 aliphatic heterocycles.